The van der Waals surface area contributed by atoms with Crippen LogP contribution in [0.3, 0.4) is 0 Å². The molecule has 2 rings (SSSR count). The van der Waals surface area contributed by atoms with Gasteiger partial charge in [0.2, 0.25) is 0 Å². The number of nitrogens with zero attached hydrogens (tertiary/aromatic N) is 1. The minimum atomic E-state index is 0.0356. The van der Waals surface area contributed by atoms with Crippen LogP contribution in [0, 0.1) is 0 Å². The van der Waals surface area contributed by atoms with Gasteiger partial charge in [0.25, 0.3) is 0 Å². The van der Waals surface area contributed by atoms with E-state index in [4.69, 9.17) is 38.4 Å². The highest BCUT2D eigenvalue weighted by Crippen LogP contribution is 2.35. The molecule has 1 aromatic carbocycles. The molecule has 0 amide bonds. The highest BCUT2D eigenvalue weighted by atomic mass is 35.5. The third kappa shape index (κ3) is 3.42. The quantitative estimate of drug-likeness (QED) is 0.868. The molecule has 1 aliphatic rings. The van der Waals surface area contributed by atoms with E-state index in [1.54, 1.807) is 12.1 Å². The van der Waals surface area contributed by atoms with E-state index in [0.29, 0.717) is 34.7 Å². The molecule has 1 aliphatic heterocycles. The number of nitrogens with two attached hydrogens (primary N) is 1. The van der Waals surface area contributed by atoms with E-state index < -0.39 is 0 Å². The van der Waals surface area contributed by atoms with Gasteiger partial charge < -0.3 is 20.1 Å². The van der Waals surface area contributed by atoms with Crippen LogP contribution in [0.15, 0.2) is 12.1 Å². The largest absolute Gasteiger partial charge is 0.488 e. The number of ether oxygens (including phenoxy) is 2. The van der Waals surface area contributed by atoms with Crippen LogP contribution >= 0.6 is 23.2 Å². The summed E-state index contributed by atoms with van der Waals surface area (Å²) in [6.07, 6.45) is 0.0356. The second-order valence-electron chi connectivity index (χ2n) is 4.38. The molecular formula is C12H16Cl2N2O2. The fourth-order valence-electron chi connectivity index (χ4n) is 1.86. The van der Waals surface area contributed by atoms with E-state index in [0.717, 1.165) is 13.1 Å². The van der Waals surface area contributed by atoms with E-state index in [-0.39, 0.29) is 6.10 Å². The lowest BCUT2D eigenvalue weighted by Crippen LogP contribution is -2.42. The van der Waals surface area contributed by atoms with E-state index >= 15 is 0 Å². The number of halogens is 2. The first kappa shape index (κ1) is 13.7. The molecule has 0 radical (unpaired) electrons. The number of nitrogen functional groups attached to an aromatic ring is 1. The summed E-state index contributed by atoms with van der Waals surface area (Å²) < 4.78 is 11.2. The van der Waals surface area contributed by atoms with Crippen molar-refractivity contribution in [2.24, 2.45) is 0 Å². The van der Waals surface area contributed by atoms with Gasteiger partial charge in [-0.1, -0.05) is 23.2 Å². The van der Waals surface area contributed by atoms with Crippen molar-refractivity contribution >= 4 is 28.9 Å². The highest BCUT2D eigenvalue weighted by Gasteiger charge is 2.19. The summed E-state index contributed by atoms with van der Waals surface area (Å²) in [5, 5.41) is 0.841. The van der Waals surface area contributed by atoms with Crippen molar-refractivity contribution in [1.82, 2.24) is 4.90 Å². The van der Waals surface area contributed by atoms with Gasteiger partial charge in [-0.3, -0.25) is 0 Å². The van der Waals surface area contributed by atoms with Gasteiger partial charge in [-0.25, -0.2) is 0 Å². The van der Waals surface area contributed by atoms with Crippen LogP contribution in [0.4, 0.5) is 5.69 Å². The molecule has 1 heterocycles. The van der Waals surface area contributed by atoms with Gasteiger partial charge in [-0.15, -0.1) is 0 Å². The molecule has 2 N–H and O–H groups in total. The number of hydrogen-bond donors (Lipinski definition) is 1. The first-order chi connectivity index (χ1) is 8.56. The van der Waals surface area contributed by atoms with Gasteiger partial charge in [0.05, 0.1) is 16.7 Å². The predicted molar refractivity (Wildman–Crippen MR) is 73.6 cm³/mol. The zero-order valence-corrected chi connectivity index (χ0v) is 11.7. The minimum Gasteiger partial charge on any atom is -0.488 e. The number of morpholine rings is 1. The normalized spacial score (nSPS) is 20.9. The van der Waals surface area contributed by atoms with Crippen LogP contribution in [-0.2, 0) is 4.74 Å². The van der Waals surface area contributed by atoms with Gasteiger partial charge in [0.1, 0.15) is 12.7 Å². The topological polar surface area (TPSA) is 47.7 Å². The molecule has 0 spiro atoms. The second kappa shape index (κ2) is 5.97. The van der Waals surface area contributed by atoms with Crippen molar-refractivity contribution in [2.45, 2.75) is 6.10 Å². The van der Waals surface area contributed by atoms with Crippen molar-refractivity contribution in [1.29, 1.82) is 0 Å². The molecule has 1 saturated heterocycles. The maximum Gasteiger partial charge on any atom is 0.156 e. The number of rotatable bonds is 3. The van der Waals surface area contributed by atoms with Crippen LogP contribution in [0.2, 0.25) is 10.0 Å². The van der Waals surface area contributed by atoms with Gasteiger partial charge in [0.15, 0.2) is 5.75 Å². The number of benzene rings is 1. The van der Waals surface area contributed by atoms with Crippen molar-refractivity contribution in [3.05, 3.63) is 22.2 Å². The molecule has 0 saturated carbocycles. The van der Waals surface area contributed by atoms with Gasteiger partial charge in [0, 0.05) is 18.8 Å². The fraction of sp³-hybridized carbons (Fsp3) is 0.500. The molecule has 0 aromatic heterocycles. The average Bonchev–Trinajstić information content (AvgIpc) is 2.27. The van der Waals surface area contributed by atoms with Crippen molar-refractivity contribution in [3.8, 4) is 5.75 Å². The monoisotopic (exact) mass is 290 g/mol. The summed E-state index contributed by atoms with van der Waals surface area (Å²) in [5.41, 5.74) is 6.15. The van der Waals surface area contributed by atoms with Crippen molar-refractivity contribution < 1.29 is 9.47 Å². The summed E-state index contributed by atoms with van der Waals surface area (Å²) in [7, 11) is 2.05. The molecule has 1 fully saturated rings. The lowest BCUT2D eigenvalue weighted by atomic mass is 10.3. The van der Waals surface area contributed by atoms with Gasteiger partial charge >= 0.3 is 0 Å². The Kier molecular flexibility index (Phi) is 4.56. The Morgan fingerprint density at radius 2 is 2.11 bits per heavy atom. The molecule has 6 heteroatoms. The zero-order chi connectivity index (χ0) is 13.1. The second-order valence-corrected chi connectivity index (χ2v) is 5.19. The Bertz CT molecular complexity index is 406. The number of likely N-dealkylation sites (N-methyl/N-ethyl adjacent to an activating group) is 1. The fourth-order valence-corrected chi connectivity index (χ4v) is 2.47. The minimum absolute atomic E-state index is 0.0356. The van der Waals surface area contributed by atoms with Crippen LogP contribution in [0.5, 0.6) is 5.75 Å². The molecule has 1 aromatic rings. The Morgan fingerprint density at radius 3 is 2.72 bits per heavy atom. The van der Waals surface area contributed by atoms with E-state index in [2.05, 4.69) is 11.9 Å². The molecular weight excluding hydrogens is 275 g/mol. The van der Waals surface area contributed by atoms with Crippen LogP contribution in [0.25, 0.3) is 0 Å². The van der Waals surface area contributed by atoms with E-state index in [1.165, 1.54) is 0 Å². The predicted octanol–water partition coefficient (Wildman–Crippen LogP) is 2.29. The molecule has 0 bridgehead atoms. The van der Waals surface area contributed by atoms with Crippen LogP contribution < -0.4 is 10.5 Å². The molecule has 100 valence electrons. The summed E-state index contributed by atoms with van der Waals surface area (Å²) >= 11 is 12.1. The Labute approximate surface area is 117 Å². The lowest BCUT2D eigenvalue weighted by molar-refractivity contribution is -0.0403. The van der Waals surface area contributed by atoms with Crippen LogP contribution in [-0.4, -0.2) is 44.4 Å². The summed E-state index contributed by atoms with van der Waals surface area (Å²) in [6, 6.07) is 3.24. The zero-order valence-electron chi connectivity index (χ0n) is 10.2. The Balaban J connectivity index is 1.97. The molecule has 1 unspecified atom stereocenters. The van der Waals surface area contributed by atoms with E-state index in [9.17, 15) is 0 Å². The Morgan fingerprint density at radius 1 is 1.44 bits per heavy atom. The summed E-state index contributed by atoms with van der Waals surface area (Å²) in [5.74, 6) is 0.462. The van der Waals surface area contributed by atoms with Crippen LogP contribution in [0.1, 0.15) is 0 Å². The van der Waals surface area contributed by atoms with Crippen molar-refractivity contribution in [3.63, 3.8) is 0 Å². The standard InChI is InChI=1S/C12H16Cl2N2O2/c1-16-2-3-17-9(6-16)7-18-12-10(13)4-8(15)5-11(12)14/h4-5,9H,2-3,6-7,15H2,1H3. The first-order valence-corrected chi connectivity index (χ1v) is 6.49. The maximum absolute atomic E-state index is 6.04. The number of hydrogen-bond acceptors (Lipinski definition) is 4. The molecule has 1 atom stereocenters. The SMILES string of the molecule is CN1CCOC(COc2c(Cl)cc(N)cc2Cl)C1. The third-order valence-electron chi connectivity index (χ3n) is 2.78. The summed E-state index contributed by atoms with van der Waals surface area (Å²) in [6.45, 7) is 2.92. The molecule has 0 aliphatic carbocycles. The molecule has 4 nitrogen and oxygen atoms in total. The highest BCUT2D eigenvalue weighted by molar-refractivity contribution is 6.37. The molecule has 18 heavy (non-hydrogen) atoms. The Hall–Kier alpha value is -0.680. The summed E-state index contributed by atoms with van der Waals surface area (Å²) in [4.78, 5) is 2.20. The number of anilines is 1. The van der Waals surface area contributed by atoms with E-state index in [1.807, 2.05) is 0 Å². The van der Waals surface area contributed by atoms with Crippen molar-refractivity contribution in [2.75, 3.05) is 39.1 Å². The lowest BCUT2D eigenvalue weighted by Gasteiger charge is -2.30. The van der Waals surface area contributed by atoms with Gasteiger partial charge in [-0.05, 0) is 19.2 Å². The average molecular weight is 291 g/mol. The first-order valence-electron chi connectivity index (χ1n) is 5.73. The van der Waals surface area contributed by atoms with Gasteiger partial charge in [-0.2, -0.15) is 0 Å². The maximum atomic E-state index is 6.04. The third-order valence-corrected chi connectivity index (χ3v) is 3.34. The smallest absolute Gasteiger partial charge is 0.156 e.